The summed E-state index contributed by atoms with van der Waals surface area (Å²) in [6.07, 6.45) is 4.80. The third kappa shape index (κ3) is 7.84. The molecule has 3 nitrogen and oxygen atoms in total. The van der Waals surface area contributed by atoms with Gasteiger partial charge in [-0.2, -0.15) is 0 Å². The van der Waals surface area contributed by atoms with Gasteiger partial charge in [-0.15, -0.1) is 0 Å². The zero-order chi connectivity index (χ0) is 18.8. The Morgan fingerprint density at radius 3 is 2.12 bits per heavy atom. The minimum atomic E-state index is -0.179. The highest BCUT2D eigenvalue weighted by Crippen LogP contribution is 2.43. The summed E-state index contributed by atoms with van der Waals surface area (Å²) in [5.41, 5.74) is 6.42. The van der Waals surface area contributed by atoms with Crippen molar-refractivity contribution in [1.82, 2.24) is 0 Å². The number of ether oxygens (including phenoxy) is 2. The lowest BCUT2D eigenvalue weighted by molar-refractivity contribution is -0.135. The van der Waals surface area contributed by atoms with Gasteiger partial charge in [-0.05, 0) is 69.2 Å². The molecule has 0 amide bonds. The maximum atomic E-state index is 6.36. The van der Waals surface area contributed by atoms with Crippen LogP contribution in [0.15, 0.2) is 0 Å². The van der Waals surface area contributed by atoms with E-state index >= 15 is 0 Å². The molecule has 2 unspecified atom stereocenters. The summed E-state index contributed by atoms with van der Waals surface area (Å²) in [6.45, 7) is 21.8. The first-order valence-electron chi connectivity index (χ1n) is 9.65. The lowest BCUT2D eigenvalue weighted by Crippen LogP contribution is -2.41. The average molecular weight is 342 g/mol. The van der Waals surface area contributed by atoms with E-state index in [-0.39, 0.29) is 28.6 Å². The van der Waals surface area contributed by atoms with Crippen LogP contribution in [0.25, 0.3) is 0 Å². The number of hydrogen-bond donors (Lipinski definition) is 1. The van der Waals surface area contributed by atoms with Crippen LogP contribution in [0.2, 0.25) is 0 Å². The van der Waals surface area contributed by atoms with Gasteiger partial charge in [0.2, 0.25) is 0 Å². The van der Waals surface area contributed by atoms with E-state index in [0.29, 0.717) is 18.6 Å². The Morgan fingerprint density at radius 1 is 1.04 bits per heavy atom. The molecule has 0 aliphatic carbocycles. The molecule has 1 heterocycles. The highest BCUT2D eigenvalue weighted by Gasteiger charge is 2.37. The largest absolute Gasteiger partial charge is 0.373 e. The van der Waals surface area contributed by atoms with Crippen LogP contribution in [-0.2, 0) is 9.47 Å². The van der Waals surface area contributed by atoms with E-state index in [1.54, 1.807) is 0 Å². The Kier molecular flexibility index (Phi) is 6.97. The van der Waals surface area contributed by atoms with Crippen LogP contribution in [0.4, 0.5) is 0 Å². The maximum Gasteiger partial charge on any atom is 0.0817 e. The van der Waals surface area contributed by atoms with Crippen LogP contribution in [0, 0.1) is 16.2 Å². The Morgan fingerprint density at radius 2 is 1.58 bits per heavy atom. The minimum Gasteiger partial charge on any atom is -0.373 e. The van der Waals surface area contributed by atoms with Crippen molar-refractivity contribution in [3.63, 3.8) is 0 Å². The molecule has 1 aliphatic rings. The molecule has 0 aromatic rings. The smallest absolute Gasteiger partial charge is 0.0817 e. The predicted molar refractivity (Wildman–Crippen MR) is 103 cm³/mol. The van der Waals surface area contributed by atoms with Crippen molar-refractivity contribution in [2.24, 2.45) is 22.0 Å². The zero-order valence-electron chi connectivity index (χ0n) is 17.8. The first-order valence-corrected chi connectivity index (χ1v) is 9.65. The second-order valence-electron chi connectivity index (χ2n) is 11.1. The molecule has 0 aromatic carbocycles. The third-order valence-corrected chi connectivity index (χ3v) is 5.12. The molecule has 0 spiro atoms. The molecule has 1 rings (SSSR count). The number of rotatable bonds is 6. The summed E-state index contributed by atoms with van der Waals surface area (Å²) in [4.78, 5) is 0. The SMILES string of the molecule is CC1CC(C)(C)CC(C)(C)CC(COC(C)(C)CC(C)(C)CN)O1. The lowest BCUT2D eigenvalue weighted by Gasteiger charge is -2.43. The Hall–Kier alpha value is -0.120. The summed E-state index contributed by atoms with van der Waals surface area (Å²) in [5.74, 6) is 0. The lowest BCUT2D eigenvalue weighted by atomic mass is 9.69. The highest BCUT2D eigenvalue weighted by molar-refractivity contribution is 4.87. The van der Waals surface area contributed by atoms with E-state index in [9.17, 15) is 0 Å². The molecule has 2 atom stereocenters. The van der Waals surface area contributed by atoms with Gasteiger partial charge in [0, 0.05) is 0 Å². The van der Waals surface area contributed by atoms with E-state index in [2.05, 4.69) is 62.3 Å². The van der Waals surface area contributed by atoms with Crippen LogP contribution < -0.4 is 5.73 Å². The fourth-order valence-corrected chi connectivity index (χ4v) is 4.95. The van der Waals surface area contributed by atoms with Crippen LogP contribution in [0.1, 0.15) is 88.0 Å². The molecule has 1 fully saturated rings. The van der Waals surface area contributed by atoms with Crippen LogP contribution >= 0.6 is 0 Å². The predicted octanol–water partition coefficient (Wildman–Crippen LogP) is 5.17. The van der Waals surface area contributed by atoms with Gasteiger partial charge in [0.05, 0.1) is 24.4 Å². The fraction of sp³-hybridized carbons (Fsp3) is 1.00. The first-order chi connectivity index (χ1) is 10.7. The summed E-state index contributed by atoms with van der Waals surface area (Å²) in [6, 6.07) is 0. The van der Waals surface area contributed by atoms with E-state index in [1.807, 2.05) is 0 Å². The second-order valence-corrected chi connectivity index (χ2v) is 11.1. The van der Waals surface area contributed by atoms with Crippen molar-refractivity contribution in [2.75, 3.05) is 13.2 Å². The number of nitrogens with two attached hydrogens (primary N) is 1. The zero-order valence-corrected chi connectivity index (χ0v) is 17.8. The molecule has 0 aromatic heterocycles. The molecule has 0 radical (unpaired) electrons. The van der Waals surface area contributed by atoms with Crippen molar-refractivity contribution < 1.29 is 9.47 Å². The van der Waals surface area contributed by atoms with Gasteiger partial charge >= 0.3 is 0 Å². The Bertz CT molecular complexity index is 399. The molecular formula is C21H43NO2. The van der Waals surface area contributed by atoms with Gasteiger partial charge in [-0.3, -0.25) is 0 Å². The van der Waals surface area contributed by atoms with Gasteiger partial charge in [0.1, 0.15) is 0 Å². The molecule has 1 saturated heterocycles. The van der Waals surface area contributed by atoms with Crippen molar-refractivity contribution in [1.29, 1.82) is 0 Å². The quantitative estimate of drug-likeness (QED) is 0.725. The standard InChI is InChI=1S/C21H43NO2/c1-16-10-18(2,3)13-19(4,5)11-17(24-16)12-23-21(8,9)14-20(6,7)15-22/h16-17H,10-15,22H2,1-9H3. The van der Waals surface area contributed by atoms with E-state index in [1.165, 1.54) is 6.42 Å². The summed E-state index contributed by atoms with van der Waals surface area (Å²) in [5, 5.41) is 0. The minimum absolute atomic E-state index is 0.0991. The molecule has 0 bridgehead atoms. The molecule has 0 saturated carbocycles. The van der Waals surface area contributed by atoms with Crippen LogP contribution in [0.5, 0.6) is 0 Å². The summed E-state index contributed by atoms with van der Waals surface area (Å²) in [7, 11) is 0. The third-order valence-electron chi connectivity index (χ3n) is 5.12. The van der Waals surface area contributed by atoms with Gasteiger partial charge in [-0.1, -0.05) is 41.5 Å². The van der Waals surface area contributed by atoms with Crippen molar-refractivity contribution in [3.05, 3.63) is 0 Å². The highest BCUT2D eigenvalue weighted by atomic mass is 16.5. The molecule has 2 N–H and O–H groups in total. The van der Waals surface area contributed by atoms with Crippen molar-refractivity contribution in [2.45, 2.75) is 106 Å². The topological polar surface area (TPSA) is 44.5 Å². The van der Waals surface area contributed by atoms with Gasteiger partial charge in [0.15, 0.2) is 0 Å². The van der Waals surface area contributed by atoms with Gasteiger partial charge in [-0.25, -0.2) is 0 Å². The first kappa shape index (κ1) is 21.9. The monoisotopic (exact) mass is 341 g/mol. The molecule has 1 aliphatic heterocycles. The van der Waals surface area contributed by atoms with Crippen molar-refractivity contribution >= 4 is 0 Å². The molecule has 24 heavy (non-hydrogen) atoms. The molecule has 3 heteroatoms. The van der Waals surface area contributed by atoms with Crippen LogP contribution in [-0.4, -0.2) is 31.0 Å². The van der Waals surface area contributed by atoms with E-state index in [4.69, 9.17) is 15.2 Å². The normalized spacial score (nSPS) is 28.2. The van der Waals surface area contributed by atoms with Crippen molar-refractivity contribution in [3.8, 4) is 0 Å². The number of hydrogen-bond acceptors (Lipinski definition) is 3. The van der Waals surface area contributed by atoms with Gasteiger partial charge < -0.3 is 15.2 Å². The van der Waals surface area contributed by atoms with Crippen LogP contribution in [0.3, 0.4) is 0 Å². The Balaban J connectivity index is 2.69. The van der Waals surface area contributed by atoms with E-state index < -0.39 is 0 Å². The maximum absolute atomic E-state index is 6.36. The van der Waals surface area contributed by atoms with Gasteiger partial charge in [0.25, 0.3) is 0 Å². The summed E-state index contributed by atoms with van der Waals surface area (Å²) < 4.78 is 12.7. The fourth-order valence-electron chi connectivity index (χ4n) is 4.95. The average Bonchev–Trinajstić information content (AvgIpc) is 2.30. The molecular weight excluding hydrogens is 298 g/mol. The Labute approximate surface area is 151 Å². The second kappa shape index (κ2) is 7.63. The molecule has 144 valence electrons. The van der Waals surface area contributed by atoms with E-state index in [0.717, 1.165) is 19.3 Å². The summed E-state index contributed by atoms with van der Waals surface area (Å²) >= 11 is 0.